The Hall–Kier alpha value is -3.13. The van der Waals surface area contributed by atoms with E-state index in [9.17, 15) is 0 Å². The molecule has 2 heteroatoms. The molecule has 0 aliphatic rings. The molecule has 0 bridgehead atoms. The Morgan fingerprint density at radius 1 is 0.652 bits per heavy atom. The maximum atomic E-state index is 4.65. The lowest BCUT2D eigenvalue weighted by atomic mass is 10.1. The van der Waals surface area contributed by atoms with Crippen LogP contribution < -0.4 is 0 Å². The monoisotopic (exact) mass is 294 g/mol. The molecule has 23 heavy (non-hydrogen) atoms. The van der Waals surface area contributed by atoms with E-state index >= 15 is 0 Å². The predicted molar refractivity (Wildman–Crippen MR) is 96.1 cm³/mol. The van der Waals surface area contributed by atoms with Gasteiger partial charge in [0.25, 0.3) is 0 Å². The van der Waals surface area contributed by atoms with Gasteiger partial charge in [-0.15, -0.1) is 0 Å². The van der Waals surface area contributed by atoms with Crippen LogP contribution in [-0.2, 0) is 0 Å². The SMILES string of the molecule is c1ccc(-n2c3cc4ccccc4cc3c3cccnc32)cc1. The van der Waals surface area contributed by atoms with Gasteiger partial charge in [-0.25, -0.2) is 4.98 Å². The summed E-state index contributed by atoms with van der Waals surface area (Å²) in [5.74, 6) is 0. The number of fused-ring (bicyclic) bond motifs is 4. The average Bonchev–Trinajstić information content (AvgIpc) is 2.94. The minimum atomic E-state index is 1.00. The van der Waals surface area contributed by atoms with Crippen molar-refractivity contribution in [3.05, 3.63) is 85.1 Å². The van der Waals surface area contributed by atoms with Crippen LogP contribution in [-0.4, -0.2) is 9.55 Å². The highest BCUT2D eigenvalue weighted by Gasteiger charge is 2.13. The lowest BCUT2D eigenvalue weighted by Crippen LogP contribution is -1.94. The normalized spacial score (nSPS) is 11.5. The molecular weight excluding hydrogens is 280 g/mol. The van der Waals surface area contributed by atoms with Crippen LogP contribution in [0.15, 0.2) is 85.1 Å². The van der Waals surface area contributed by atoms with Crippen LogP contribution in [0.5, 0.6) is 0 Å². The summed E-state index contributed by atoms with van der Waals surface area (Å²) in [6.45, 7) is 0. The van der Waals surface area contributed by atoms with Gasteiger partial charge < -0.3 is 0 Å². The number of benzene rings is 3. The molecule has 0 unspecified atom stereocenters. The van der Waals surface area contributed by atoms with E-state index in [-0.39, 0.29) is 0 Å². The molecule has 0 fully saturated rings. The molecule has 5 rings (SSSR count). The summed E-state index contributed by atoms with van der Waals surface area (Å²) < 4.78 is 2.25. The number of pyridine rings is 1. The van der Waals surface area contributed by atoms with Crippen LogP contribution in [0.3, 0.4) is 0 Å². The summed E-state index contributed by atoms with van der Waals surface area (Å²) in [5, 5.41) is 4.95. The van der Waals surface area contributed by atoms with Gasteiger partial charge in [0, 0.05) is 22.7 Å². The third kappa shape index (κ3) is 1.78. The first-order chi connectivity index (χ1) is 11.4. The predicted octanol–water partition coefficient (Wildman–Crippen LogP) is 5.33. The molecule has 0 radical (unpaired) electrons. The molecule has 5 aromatic rings. The van der Waals surface area contributed by atoms with Crippen molar-refractivity contribution in [2.45, 2.75) is 0 Å². The smallest absolute Gasteiger partial charge is 0.145 e. The number of rotatable bonds is 1. The van der Waals surface area contributed by atoms with Gasteiger partial charge >= 0.3 is 0 Å². The molecule has 0 aliphatic heterocycles. The summed E-state index contributed by atoms with van der Waals surface area (Å²) >= 11 is 0. The lowest BCUT2D eigenvalue weighted by molar-refractivity contribution is 1.14. The van der Waals surface area contributed by atoms with E-state index in [1.807, 2.05) is 18.3 Å². The molecule has 2 heterocycles. The Morgan fingerprint density at radius 3 is 2.22 bits per heavy atom. The molecule has 0 saturated carbocycles. The molecule has 108 valence electrons. The molecule has 0 spiro atoms. The first-order valence-corrected chi connectivity index (χ1v) is 7.75. The quantitative estimate of drug-likeness (QED) is 0.408. The maximum Gasteiger partial charge on any atom is 0.145 e. The van der Waals surface area contributed by atoms with E-state index in [0.717, 1.165) is 11.3 Å². The minimum Gasteiger partial charge on any atom is -0.294 e. The number of hydrogen-bond acceptors (Lipinski definition) is 1. The van der Waals surface area contributed by atoms with Gasteiger partial charge in [-0.2, -0.15) is 0 Å². The fourth-order valence-electron chi connectivity index (χ4n) is 3.37. The van der Waals surface area contributed by atoms with Crippen LogP contribution >= 0.6 is 0 Å². The molecule has 2 aromatic heterocycles. The Balaban J connectivity index is 2.03. The van der Waals surface area contributed by atoms with Crippen molar-refractivity contribution in [3.63, 3.8) is 0 Å². The van der Waals surface area contributed by atoms with Gasteiger partial charge in [0.2, 0.25) is 0 Å². The van der Waals surface area contributed by atoms with Crippen LogP contribution in [0.2, 0.25) is 0 Å². The second kappa shape index (κ2) is 4.68. The summed E-state index contributed by atoms with van der Waals surface area (Å²) in [7, 11) is 0. The molecule has 0 N–H and O–H groups in total. The minimum absolute atomic E-state index is 1.00. The van der Waals surface area contributed by atoms with Crippen LogP contribution in [0, 0.1) is 0 Å². The first kappa shape index (κ1) is 12.4. The number of nitrogens with zero attached hydrogens (tertiary/aromatic N) is 2. The number of para-hydroxylation sites is 1. The highest BCUT2D eigenvalue weighted by molar-refractivity contribution is 6.12. The summed E-state index contributed by atoms with van der Waals surface area (Å²) in [6, 6.07) is 27.6. The van der Waals surface area contributed by atoms with Crippen LogP contribution in [0.1, 0.15) is 0 Å². The molecule has 0 saturated heterocycles. The molecular formula is C21H14N2. The van der Waals surface area contributed by atoms with E-state index in [1.165, 1.54) is 27.1 Å². The van der Waals surface area contributed by atoms with E-state index < -0.39 is 0 Å². The van der Waals surface area contributed by atoms with E-state index in [1.54, 1.807) is 0 Å². The number of hydrogen-bond donors (Lipinski definition) is 0. The zero-order valence-corrected chi connectivity index (χ0v) is 12.5. The van der Waals surface area contributed by atoms with Crippen molar-refractivity contribution in [3.8, 4) is 5.69 Å². The molecule has 2 nitrogen and oxygen atoms in total. The summed E-state index contributed by atoms with van der Waals surface area (Å²) in [5.41, 5.74) is 3.34. The molecule has 0 aliphatic carbocycles. The zero-order valence-electron chi connectivity index (χ0n) is 12.5. The van der Waals surface area contributed by atoms with Crippen LogP contribution in [0.25, 0.3) is 38.4 Å². The van der Waals surface area contributed by atoms with Crippen molar-refractivity contribution in [2.75, 3.05) is 0 Å². The fourth-order valence-corrected chi connectivity index (χ4v) is 3.37. The molecule has 0 amide bonds. The summed E-state index contributed by atoms with van der Waals surface area (Å²) in [4.78, 5) is 4.65. The van der Waals surface area contributed by atoms with Crippen molar-refractivity contribution >= 4 is 32.7 Å². The highest BCUT2D eigenvalue weighted by atomic mass is 15.0. The van der Waals surface area contributed by atoms with Gasteiger partial charge in [0.05, 0.1) is 5.52 Å². The fraction of sp³-hybridized carbons (Fsp3) is 0. The van der Waals surface area contributed by atoms with Gasteiger partial charge in [0.15, 0.2) is 0 Å². The van der Waals surface area contributed by atoms with E-state index in [0.29, 0.717) is 0 Å². The van der Waals surface area contributed by atoms with E-state index in [4.69, 9.17) is 0 Å². The highest BCUT2D eigenvalue weighted by Crippen LogP contribution is 2.33. The van der Waals surface area contributed by atoms with Crippen molar-refractivity contribution in [1.29, 1.82) is 0 Å². The third-order valence-corrected chi connectivity index (χ3v) is 4.41. The zero-order chi connectivity index (χ0) is 15.2. The Kier molecular flexibility index (Phi) is 2.53. The Bertz CT molecular complexity index is 1150. The summed E-state index contributed by atoms with van der Waals surface area (Å²) in [6.07, 6.45) is 1.86. The molecule has 3 aromatic carbocycles. The van der Waals surface area contributed by atoms with Gasteiger partial charge in [-0.3, -0.25) is 4.57 Å². The Labute approximate surface area is 133 Å². The molecule has 0 atom stereocenters. The van der Waals surface area contributed by atoms with Gasteiger partial charge in [0.1, 0.15) is 5.65 Å². The lowest BCUT2D eigenvalue weighted by Gasteiger charge is -2.07. The average molecular weight is 294 g/mol. The maximum absolute atomic E-state index is 4.65. The van der Waals surface area contributed by atoms with Gasteiger partial charge in [-0.05, 0) is 47.2 Å². The second-order valence-electron chi connectivity index (χ2n) is 5.76. The number of aromatic nitrogens is 2. The van der Waals surface area contributed by atoms with Crippen molar-refractivity contribution < 1.29 is 0 Å². The standard InChI is InChI=1S/C21H14N2/c1-2-9-17(10-3-1)23-20-14-16-8-5-4-7-15(16)13-19(20)18-11-6-12-22-21(18)23/h1-14H. The second-order valence-corrected chi connectivity index (χ2v) is 5.76. The van der Waals surface area contributed by atoms with Crippen molar-refractivity contribution in [2.24, 2.45) is 0 Å². The first-order valence-electron chi connectivity index (χ1n) is 7.75. The third-order valence-electron chi connectivity index (χ3n) is 4.41. The van der Waals surface area contributed by atoms with Gasteiger partial charge in [-0.1, -0.05) is 42.5 Å². The topological polar surface area (TPSA) is 17.8 Å². The largest absolute Gasteiger partial charge is 0.294 e. The Morgan fingerprint density at radius 2 is 1.39 bits per heavy atom. The van der Waals surface area contributed by atoms with Crippen LogP contribution in [0.4, 0.5) is 0 Å². The van der Waals surface area contributed by atoms with Crippen molar-refractivity contribution in [1.82, 2.24) is 9.55 Å². The van der Waals surface area contributed by atoms with E-state index in [2.05, 4.69) is 76.3 Å².